The number of ether oxygens (including phenoxy) is 2. The highest BCUT2D eigenvalue weighted by Gasteiger charge is 2.42. The Morgan fingerprint density at radius 3 is 2.47 bits per heavy atom. The number of halogens is 4. The van der Waals surface area contributed by atoms with Crippen molar-refractivity contribution in [2.24, 2.45) is 0 Å². The first-order chi connectivity index (χ1) is 7.80. The monoisotopic (exact) mass is 312 g/mol. The fraction of sp³-hybridized carbons (Fsp3) is 0.400. The van der Waals surface area contributed by atoms with Crippen molar-refractivity contribution < 1.29 is 27.8 Å². The van der Waals surface area contributed by atoms with Crippen LogP contribution in [0.5, 0.6) is 5.75 Å². The van der Waals surface area contributed by atoms with Gasteiger partial charge in [0.1, 0.15) is 11.4 Å². The number of hydrogen-bond acceptors (Lipinski definition) is 3. The van der Waals surface area contributed by atoms with Crippen molar-refractivity contribution in [2.75, 3.05) is 13.2 Å². The van der Waals surface area contributed by atoms with E-state index in [1.165, 1.54) is 18.2 Å². The molecular formula is C10H8BrF3O3. The first kappa shape index (κ1) is 12.7. The lowest BCUT2D eigenvalue weighted by molar-refractivity contribution is -0.276. The summed E-state index contributed by atoms with van der Waals surface area (Å²) < 4.78 is 45.8. The number of hydrogen-bond donors (Lipinski definition) is 1. The highest BCUT2D eigenvalue weighted by Crippen LogP contribution is 2.39. The third-order valence-corrected chi connectivity index (χ3v) is 2.85. The summed E-state index contributed by atoms with van der Waals surface area (Å²) in [6.45, 7) is -0.0777. The second-order valence-corrected chi connectivity index (χ2v) is 4.63. The van der Waals surface area contributed by atoms with E-state index < -0.39 is 17.7 Å². The molecule has 0 atom stereocenters. The lowest BCUT2D eigenvalue weighted by Gasteiger charge is -2.37. The van der Waals surface area contributed by atoms with Crippen LogP contribution >= 0.6 is 15.9 Å². The van der Waals surface area contributed by atoms with Gasteiger partial charge in [-0.3, -0.25) is 0 Å². The maximum Gasteiger partial charge on any atom is 0.573 e. The number of alkyl halides is 3. The van der Waals surface area contributed by atoms with E-state index in [0.29, 0.717) is 4.47 Å². The van der Waals surface area contributed by atoms with Crippen LogP contribution in [0.25, 0.3) is 0 Å². The summed E-state index contributed by atoms with van der Waals surface area (Å²) in [4.78, 5) is 0. The fourth-order valence-electron chi connectivity index (χ4n) is 1.54. The summed E-state index contributed by atoms with van der Waals surface area (Å²) in [5, 5.41) is 9.96. The Morgan fingerprint density at radius 2 is 2.00 bits per heavy atom. The van der Waals surface area contributed by atoms with Crippen molar-refractivity contribution in [3.05, 3.63) is 28.2 Å². The quantitative estimate of drug-likeness (QED) is 0.912. The van der Waals surface area contributed by atoms with Crippen LogP contribution in [0.1, 0.15) is 5.56 Å². The molecule has 1 aliphatic rings. The van der Waals surface area contributed by atoms with Gasteiger partial charge in [0.25, 0.3) is 0 Å². The Hall–Kier alpha value is -0.790. The van der Waals surface area contributed by atoms with Gasteiger partial charge in [0.2, 0.25) is 0 Å². The predicted molar refractivity (Wildman–Crippen MR) is 55.5 cm³/mol. The molecule has 1 heterocycles. The van der Waals surface area contributed by atoms with Crippen molar-refractivity contribution in [1.82, 2.24) is 0 Å². The zero-order chi connectivity index (χ0) is 12.7. The molecule has 1 fully saturated rings. The molecule has 2 rings (SSSR count). The Kier molecular flexibility index (Phi) is 3.09. The van der Waals surface area contributed by atoms with Crippen LogP contribution in [0, 0.1) is 0 Å². The van der Waals surface area contributed by atoms with Crippen molar-refractivity contribution in [3.63, 3.8) is 0 Å². The zero-order valence-electron chi connectivity index (χ0n) is 8.42. The van der Waals surface area contributed by atoms with Gasteiger partial charge in [-0.25, -0.2) is 0 Å². The maximum atomic E-state index is 12.2. The molecule has 1 N–H and O–H groups in total. The third kappa shape index (κ3) is 2.72. The molecule has 0 amide bonds. The van der Waals surface area contributed by atoms with Gasteiger partial charge in [0, 0.05) is 10.0 Å². The van der Waals surface area contributed by atoms with Gasteiger partial charge < -0.3 is 14.6 Å². The summed E-state index contributed by atoms with van der Waals surface area (Å²) >= 11 is 3.05. The van der Waals surface area contributed by atoms with E-state index in [1.54, 1.807) is 0 Å². The molecule has 7 heteroatoms. The van der Waals surface area contributed by atoms with Crippen LogP contribution in [0.15, 0.2) is 22.7 Å². The van der Waals surface area contributed by atoms with Gasteiger partial charge in [0.15, 0.2) is 0 Å². The average molecular weight is 313 g/mol. The zero-order valence-corrected chi connectivity index (χ0v) is 10.0. The van der Waals surface area contributed by atoms with Crippen LogP contribution in [-0.4, -0.2) is 24.7 Å². The van der Waals surface area contributed by atoms with Crippen molar-refractivity contribution in [1.29, 1.82) is 0 Å². The minimum atomic E-state index is -4.80. The largest absolute Gasteiger partial charge is 0.573 e. The normalized spacial score (nSPS) is 18.6. The Labute approximate surface area is 103 Å². The molecule has 0 aromatic heterocycles. The molecule has 0 bridgehead atoms. The Morgan fingerprint density at radius 1 is 1.35 bits per heavy atom. The molecule has 3 nitrogen and oxygen atoms in total. The van der Waals surface area contributed by atoms with E-state index in [-0.39, 0.29) is 18.8 Å². The summed E-state index contributed by atoms with van der Waals surface area (Å²) in [6.07, 6.45) is -4.80. The average Bonchev–Trinajstić information content (AvgIpc) is 2.12. The highest BCUT2D eigenvalue weighted by molar-refractivity contribution is 9.10. The Balaban J connectivity index is 2.37. The molecule has 94 valence electrons. The van der Waals surface area contributed by atoms with E-state index in [4.69, 9.17) is 4.74 Å². The molecule has 1 saturated heterocycles. The van der Waals surface area contributed by atoms with Gasteiger partial charge in [-0.15, -0.1) is 13.2 Å². The lowest BCUT2D eigenvalue weighted by atomic mass is 9.91. The molecule has 1 aliphatic heterocycles. The summed E-state index contributed by atoms with van der Waals surface area (Å²) in [5.41, 5.74) is -1.33. The van der Waals surface area contributed by atoms with E-state index in [9.17, 15) is 18.3 Å². The number of aliphatic hydroxyl groups is 1. The topological polar surface area (TPSA) is 38.7 Å². The molecule has 0 aliphatic carbocycles. The molecular weight excluding hydrogens is 305 g/mol. The first-order valence-corrected chi connectivity index (χ1v) is 5.45. The van der Waals surface area contributed by atoms with Crippen LogP contribution in [0.3, 0.4) is 0 Å². The smallest absolute Gasteiger partial charge is 0.405 e. The van der Waals surface area contributed by atoms with Gasteiger partial charge in [-0.05, 0) is 12.1 Å². The van der Waals surface area contributed by atoms with E-state index in [0.717, 1.165) is 0 Å². The number of benzene rings is 1. The van der Waals surface area contributed by atoms with Crippen LogP contribution in [0.2, 0.25) is 0 Å². The molecule has 0 radical (unpaired) electrons. The van der Waals surface area contributed by atoms with E-state index in [2.05, 4.69) is 20.7 Å². The molecule has 0 spiro atoms. The fourth-order valence-corrected chi connectivity index (χ4v) is 1.88. The van der Waals surface area contributed by atoms with Crippen molar-refractivity contribution >= 4 is 15.9 Å². The summed E-state index contributed by atoms with van der Waals surface area (Å²) in [6, 6.07) is 4.08. The van der Waals surface area contributed by atoms with Crippen LogP contribution in [0.4, 0.5) is 13.2 Å². The van der Waals surface area contributed by atoms with Gasteiger partial charge >= 0.3 is 6.36 Å². The van der Waals surface area contributed by atoms with Gasteiger partial charge in [-0.2, -0.15) is 0 Å². The highest BCUT2D eigenvalue weighted by atomic mass is 79.9. The predicted octanol–water partition coefficient (Wildman–Crippen LogP) is 2.57. The maximum absolute atomic E-state index is 12.2. The molecule has 0 saturated carbocycles. The standard InChI is InChI=1S/C10H8BrF3O3/c11-6-1-2-7(9(15)4-16-5-9)8(3-6)17-10(12,13)14/h1-3,15H,4-5H2. The minimum Gasteiger partial charge on any atom is -0.405 e. The van der Waals surface area contributed by atoms with Crippen molar-refractivity contribution in [3.8, 4) is 5.75 Å². The number of rotatable bonds is 2. The van der Waals surface area contributed by atoms with Crippen LogP contribution in [-0.2, 0) is 10.3 Å². The van der Waals surface area contributed by atoms with E-state index >= 15 is 0 Å². The Bertz CT molecular complexity index is 429. The SMILES string of the molecule is OC1(c2ccc(Br)cc2OC(F)(F)F)COC1. The molecule has 17 heavy (non-hydrogen) atoms. The van der Waals surface area contributed by atoms with Crippen molar-refractivity contribution in [2.45, 2.75) is 12.0 Å². The van der Waals surface area contributed by atoms with Crippen LogP contribution < -0.4 is 4.74 Å². The second kappa shape index (κ2) is 4.15. The third-order valence-electron chi connectivity index (χ3n) is 2.35. The van der Waals surface area contributed by atoms with E-state index in [1.807, 2.05) is 0 Å². The molecule has 1 aromatic carbocycles. The second-order valence-electron chi connectivity index (χ2n) is 3.71. The first-order valence-electron chi connectivity index (χ1n) is 4.66. The summed E-state index contributed by atoms with van der Waals surface area (Å²) in [5.74, 6) is -0.419. The molecule has 0 unspecified atom stereocenters. The lowest BCUT2D eigenvalue weighted by Crippen LogP contribution is -2.46. The minimum absolute atomic E-state index is 0.0388. The van der Waals surface area contributed by atoms with Gasteiger partial charge in [0.05, 0.1) is 13.2 Å². The molecule has 1 aromatic rings. The summed E-state index contributed by atoms with van der Waals surface area (Å²) in [7, 11) is 0. The van der Waals surface area contributed by atoms with Gasteiger partial charge in [-0.1, -0.05) is 22.0 Å².